The molecule has 0 saturated heterocycles. The number of amidine groups is 1. The third-order valence-corrected chi connectivity index (χ3v) is 3.28. The zero-order valence-corrected chi connectivity index (χ0v) is 13.9. The Morgan fingerprint density at radius 1 is 1.15 bits per heavy atom. The van der Waals surface area contributed by atoms with Gasteiger partial charge < -0.3 is 25.3 Å². The van der Waals surface area contributed by atoms with Gasteiger partial charge in [-0.2, -0.15) is 15.0 Å². The summed E-state index contributed by atoms with van der Waals surface area (Å²) in [6.45, 7) is 3.87. The van der Waals surface area contributed by atoms with E-state index in [1.807, 2.05) is 37.4 Å². The normalized spacial score (nSPS) is 12.2. The lowest BCUT2D eigenvalue weighted by Gasteiger charge is -2.18. The van der Waals surface area contributed by atoms with Crippen molar-refractivity contribution in [1.29, 1.82) is 0 Å². The minimum atomic E-state index is -0.0993. The summed E-state index contributed by atoms with van der Waals surface area (Å²) in [4.78, 5) is 17.8. The molecule has 10 nitrogen and oxygen atoms in total. The van der Waals surface area contributed by atoms with Crippen molar-refractivity contribution >= 4 is 17.5 Å². The highest BCUT2D eigenvalue weighted by atomic mass is 16.5. The number of guanidine groups is 1. The van der Waals surface area contributed by atoms with Gasteiger partial charge in [-0.05, 0) is 12.1 Å². The van der Waals surface area contributed by atoms with Crippen molar-refractivity contribution in [3.8, 4) is 11.8 Å². The molecule has 0 spiro atoms. The maximum Gasteiger partial charge on any atom is 0.314 e. The third kappa shape index (κ3) is 3.75. The molecule has 3 rings (SSSR count). The Balaban J connectivity index is 1.74. The van der Waals surface area contributed by atoms with E-state index in [9.17, 15) is 0 Å². The zero-order valence-electron chi connectivity index (χ0n) is 13.9. The smallest absolute Gasteiger partial charge is 0.314 e. The number of oxazole rings is 1. The Kier molecular flexibility index (Phi) is 4.74. The molecule has 132 valence electrons. The first kappa shape index (κ1) is 16.9. The maximum absolute atomic E-state index is 5.84. The van der Waals surface area contributed by atoms with E-state index < -0.39 is 0 Å². The highest BCUT2D eigenvalue weighted by molar-refractivity contribution is 6.02. The lowest BCUT2D eigenvalue weighted by atomic mass is 10.3. The Hall–Kier alpha value is -3.95. The molecule has 0 fully saturated rings. The second kappa shape index (κ2) is 7.30. The van der Waals surface area contributed by atoms with E-state index in [0.29, 0.717) is 5.82 Å². The van der Waals surface area contributed by atoms with Crippen LogP contribution in [0.4, 0.5) is 5.69 Å². The summed E-state index contributed by atoms with van der Waals surface area (Å²) in [6, 6.07) is 9.56. The van der Waals surface area contributed by atoms with Crippen LogP contribution in [0.1, 0.15) is 5.82 Å². The van der Waals surface area contributed by atoms with Crippen LogP contribution in [0, 0.1) is 0 Å². The van der Waals surface area contributed by atoms with E-state index in [2.05, 4.69) is 31.7 Å². The molecule has 0 unspecified atom stereocenters. The average Bonchev–Trinajstić information content (AvgIpc) is 3.32. The van der Waals surface area contributed by atoms with Gasteiger partial charge in [0.2, 0.25) is 11.8 Å². The first-order chi connectivity index (χ1) is 12.5. The molecular formula is C16H16N8O2. The van der Waals surface area contributed by atoms with Crippen molar-refractivity contribution in [2.45, 2.75) is 0 Å². The third-order valence-electron chi connectivity index (χ3n) is 3.28. The number of aromatic nitrogens is 3. The summed E-state index contributed by atoms with van der Waals surface area (Å²) in [5, 5.41) is 3.70. The molecule has 0 aliphatic carbocycles. The highest BCUT2D eigenvalue weighted by Gasteiger charge is 2.15. The van der Waals surface area contributed by atoms with Crippen molar-refractivity contribution < 1.29 is 8.94 Å². The van der Waals surface area contributed by atoms with Crippen molar-refractivity contribution in [2.24, 2.45) is 21.5 Å². The molecule has 0 aliphatic heterocycles. The molecule has 0 atom stereocenters. The number of nitrogens with zero attached hydrogens (tertiary/aromatic N) is 6. The van der Waals surface area contributed by atoms with E-state index in [1.54, 1.807) is 4.90 Å². The molecule has 0 radical (unpaired) electrons. The average molecular weight is 352 g/mol. The molecule has 1 aromatic carbocycles. The quantitative estimate of drug-likeness (QED) is 0.517. The standard InChI is InChI=1S/C16H16N8O2/c1-10(24(2)11-6-4-3-5-7-11)20-16(18)21-12(17)13-22-15(26-23-13)14-19-8-9-25-14/h3-9H,1H2,2H3,(H4,17,18,20,21). The monoisotopic (exact) mass is 352 g/mol. The van der Waals surface area contributed by atoms with Crippen LogP contribution >= 0.6 is 0 Å². The molecule has 26 heavy (non-hydrogen) atoms. The number of anilines is 1. The number of benzene rings is 1. The van der Waals surface area contributed by atoms with Gasteiger partial charge in [0.05, 0.1) is 6.20 Å². The second-order valence-electron chi connectivity index (χ2n) is 5.04. The molecule has 10 heteroatoms. The van der Waals surface area contributed by atoms with Crippen LogP contribution in [-0.4, -0.2) is 34.0 Å². The van der Waals surface area contributed by atoms with Crippen molar-refractivity contribution in [1.82, 2.24) is 15.1 Å². The largest absolute Gasteiger partial charge is 0.441 e. The van der Waals surface area contributed by atoms with Crippen LogP contribution in [0.15, 0.2) is 74.1 Å². The number of para-hydroxylation sites is 1. The zero-order chi connectivity index (χ0) is 18.5. The lowest BCUT2D eigenvalue weighted by Crippen LogP contribution is -2.22. The van der Waals surface area contributed by atoms with Gasteiger partial charge in [-0.15, -0.1) is 0 Å². The van der Waals surface area contributed by atoms with Gasteiger partial charge in [0.1, 0.15) is 12.1 Å². The molecule has 4 N–H and O–H groups in total. The number of nitrogens with two attached hydrogens (primary N) is 2. The summed E-state index contributed by atoms with van der Waals surface area (Å²) in [7, 11) is 1.81. The van der Waals surface area contributed by atoms with Gasteiger partial charge in [0.15, 0.2) is 5.84 Å². The number of aliphatic imine (C=N–C) groups is 2. The highest BCUT2D eigenvalue weighted by Crippen LogP contribution is 2.16. The van der Waals surface area contributed by atoms with E-state index in [4.69, 9.17) is 20.4 Å². The molecule has 3 aromatic rings. The number of hydrogen-bond acceptors (Lipinski definition) is 7. The molecule has 0 aliphatic rings. The molecule has 2 aromatic heterocycles. The van der Waals surface area contributed by atoms with E-state index in [-0.39, 0.29) is 29.4 Å². The van der Waals surface area contributed by atoms with Gasteiger partial charge in [0, 0.05) is 12.7 Å². The maximum atomic E-state index is 5.84. The van der Waals surface area contributed by atoms with Crippen LogP contribution in [0.2, 0.25) is 0 Å². The van der Waals surface area contributed by atoms with Crippen LogP contribution in [0.25, 0.3) is 11.8 Å². The predicted octanol–water partition coefficient (Wildman–Crippen LogP) is 1.35. The van der Waals surface area contributed by atoms with Gasteiger partial charge in [-0.3, -0.25) is 0 Å². The minimum Gasteiger partial charge on any atom is -0.441 e. The number of hydrogen-bond donors (Lipinski definition) is 2. The van der Waals surface area contributed by atoms with Crippen molar-refractivity contribution in [3.63, 3.8) is 0 Å². The van der Waals surface area contributed by atoms with E-state index in [1.165, 1.54) is 12.5 Å². The first-order valence-corrected chi connectivity index (χ1v) is 7.44. The SMILES string of the molecule is C=C(/N=C(N)\N=C(/N)c1noc(-c2ncco2)n1)N(C)c1ccccc1. The summed E-state index contributed by atoms with van der Waals surface area (Å²) >= 11 is 0. The molecule has 0 amide bonds. The van der Waals surface area contributed by atoms with Gasteiger partial charge in [-0.25, -0.2) is 4.98 Å². The van der Waals surface area contributed by atoms with Crippen LogP contribution < -0.4 is 16.4 Å². The minimum absolute atomic E-state index is 0.0402. The number of rotatable bonds is 5. The van der Waals surface area contributed by atoms with Gasteiger partial charge in [-0.1, -0.05) is 29.9 Å². The van der Waals surface area contributed by atoms with Crippen LogP contribution in [-0.2, 0) is 0 Å². The Morgan fingerprint density at radius 3 is 2.62 bits per heavy atom. The first-order valence-electron chi connectivity index (χ1n) is 7.44. The molecule has 0 saturated carbocycles. The summed E-state index contributed by atoms with van der Waals surface area (Å²) < 4.78 is 10.1. The molecule has 0 bridgehead atoms. The van der Waals surface area contributed by atoms with Crippen LogP contribution in [0.5, 0.6) is 0 Å². The Labute approximate surface area is 148 Å². The summed E-state index contributed by atoms with van der Waals surface area (Å²) in [5.74, 6) is 0.515. The van der Waals surface area contributed by atoms with Gasteiger partial charge >= 0.3 is 5.89 Å². The lowest BCUT2D eigenvalue weighted by molar-refractivity contribution is 0.411. The van der Waals surface area contributed by atoms with Crippen molar-refractivity contribution in [2.75, 3.05) is 11.9 Å². The Morgan fingerprint density at radius 2 is 1.92 bits per heavy atom. The second-order valence-corrected chi connectivity index (χ2v) is 5.04. The molecular weight excluding hydrogens is 336 g/mol. The fourth-order valence-electron chi connectivity index (χ4n) is 1.95. The topological polar surface area (TPSA) is 145 Å². The van der Waals surface area contributed by atoms with Crippen molar-refractivity contribution in [3.05, 3.63) is 61.0 Å². The molecule has 2 heterocycles. The summed E-state index contributed by atoms with van der Waals surface area (Å²) in [5.41, 5.74) is 12.5. The van der Waals surface area contributed by atoms with E-state index >= 15 is 0 Å². The summed E-state index contributed by atoms with van der Waals surface area (Å²) in [6.07, 6.45) is 2.84. The fourth-order valence-corrected chi connectivity index (χ4v) is 1.95. The van der Waals surface area contributed by atoms with Gasteiger partial charge in [0.25, 0.3) is 5.89 Å². The van der Waals surface area contributed by atoms with E-state index in [0.717, 1.165) is 5.69 Å². The fraction of sp³-hybridized carbons (Fsp3) is 0.0625. The Bertz CT molecular complexity index is 944. The predicted molar refractivity (Wildman–Crippen MR) is 96.1 cm³/mol. The van der Waals surface area contributed by atoms with Crippen LogP contribution in [0.3, 0.4) is 0 Å².